The molecule has 1 amide bonds. The van der Waals surface area contributed by atoms with Crippen molar-refractivity contribution in [3.8, 4) is 0 Å². The number of benzene rings is 1. The van der Waals surface area contributed by atoms with Crippen molar-refractivity contribution in [3.05, 3.63) is 33.3 Å². The number of ether oxygens (including phenoxy) is 1. The summed E-state index contributed by atoms with van der Waals surface area (Å²) in [5.41, 5.74) is 0.907. The second-order valence-electron chi connectivity index (χ2n) is 8.43. The van der Waals surface area contributed by atoms with Gasteiger partial charge in [0.25, 0.3) is 0 Å². The lowest BCUT2D eigenvalue weighted by atomic mass is 9.85. The highest BCUT2D eigenvalue weighted by Gasteiger charge is 2.44. The van der Waals surface area contributed by atoms with Crippen LogP contribution in [0, 0.1) is 0 Å². The number of nitrogens with zero attached hydrogens (tertiary/aromatic N) is 2. The third kappa shape index (κ3) is 4.37. The van der Waals surface area contributed by atoms with E-state index in [0.29, 0.717) is 0 Å². The van der Waals surface area contributed by atoms with Crippen LogP contribution in [0.5, 0.6) is 0 Å². The highest BCUT2D eigenvalue weighted by Crippen LogP contribution is 2.40. The Kier molecular flexibility index (Phi) is 5.90. The Labute approximate surface area is 169 Å². The van der Waals surface area contributed by atoms with E-state index in [9.17, 15) is 4.79 Å². The molecule has 4 nitrogen and oxygen atoms in total. The maximum Gasteiger partial charge on any atom is 0.410 e. The summed E-state index contributed by atoms with van der Waals surface area (Å²) in [6.45, 7) is 9.22. The lowest BCUT2D eigenvalue weighted by Gasteiger charge is -2.45. The van der Waals surface area contributed by atoms with Crippen LogP contribution in [0.25, 0.3) is 0 Å². The Morgan fingerprint density at radius 1 is 1.23 bits per heavy atom. The summed E-state index contributed by atoms with van der Waals surface area (Å²) < 4.78 is 6.48. The average Bonchev–Trinajstić information content (AvgIpc) is 2.93. The smallest absolute Gasteiger partial charge is 0.410 e. The first-order chi connectivity index (χ1) is 12.2. The maximum atomic E-state index is 12.3. The van der Waals surface area contributed by atoms with Crippen LogP contribution in [0.3, 0.4) is 0 Å². The molecule has 0 saturated carbocycles. The first-order valence-corrected chi connectivity index (χ1v) is 10.5. The van der Waals surface area contributed by atoms with Gasteiger partial charge < -0.3 is 9.64 Å². The van der Waals surface area contributed by atoms with Crippen LogP contribution in [0.2, 0.25) is 5.02 Å². The molecule has 144 valence electrons. The molecule has 1 aromatic carbocycles. The Bertz CT molecular complexity index is 666. The highest BCUT2D eigenvalue weighted by atomic mass is 79.9. The third-order valence-electron chi connectivity index (χ3n) is 5.48. The zero-order valence-electron chi connectivity index (χ0n) is 15.9. The monoisotopic (exact) mass is 442 g/mol. The number of carbonyl (C=O) groups excluding carboxylic acids is 1. The molecule has 0 aliphatic carbocycles. The van der Waals surface area contributed by atoms with Crippen molar-refractivity contribution in [1.82, 2.24) is 9.80 Å². The Hall–Kier alpha value is -0.780. The zero-order chi connectivity index (χ0) is 18.9. The van der Waals surface area contributed by atoms with E-state index in [1.165, 1.54) is 12.8 Å². The van der Waals surface area contributed by atoms with Crippen LogP contribution in [0.4, 0.5) is 4.79 Å². The number of likely N-dealkylation sites (tertiary alicyclic amines) is 2. The van der Waals surface area contributed by atoms with Gasteiger partial charge in [-0.3, -0.25) is 4.90 Å². The van der Waals surface area contributed by atoms with E-state index in [0.717, 1.165) is 54.1 Å². The molecular formula is C20H28BrClN2O2. The van der Waals surface area contributed by atoms with E-state index >= 15 is 0 Å². The summed E-state index contributed by atoms with van der Waals surface area (Å²) in [5.74, 6) is 0. The van der Waals surface area contributed by atoms with Gasteiger partial charge in [0, 0.05) is 29.6 Å². The van der Waals surface area contributed by atoms with Crippen molar-refractivity contribution in [2.45, 2.75) is 64.1 Å². The standard InChI is InChI=1S/C20H28BrClN2O2/c1-19(2,3)26-18(25)23-12-9-20(10-13-23)8-5-11-24(20)14-15-6-4-7-16(21)17(15)22/h4,6-7H,5,8-14H2,1-3H3. The fourth-order valence-corrected chi connectivity index (χ4v) is 4.71. The Balaban J connectivity index is 1.65. The highest BCUT2D eigenvalue weighted by molar-refractivity contribution is 9.10. The molecule has 2 aliphatic rings. The van der Waals surface area contributed by atoms with E-state index in [1.54, 1.807) is 0 Å². The maximum absolute atomic E-state index is 12.3. The summed E-state index contributed by atoms with van der Waals surface area (Å²) in [4.78, 5) is 16.8. The molecule has 0 atom stereocenters. The molecule has 2 heterocycles. The number of hydrogen-bond donors (Lipinski definition) is 0. The summed E-state index contributed by atoms with van der Waals surface area (Å²) >= 11 is 10.0. The van der Waals surface area contributed by atoms with Gasteiger partial charge in [0.1, 0.15) is 5.60 Å². The van der Waals surface area contributed by atoms with E-state index in [4.69, 9.17) is 16.3 Å². The molecule has 0 radical (unpaired) electrons. The van der Waals surface area contributed by atoms with E-state index in [-0.39, 0.29) is 11.6 Å². The van der Waals surface area contributed by atoms with Crippen LogP contribution in [0.1, 0.15) is 52.0 Å². The van der Waals surface area contributed by atoms with Gasteiger partial charge in [-0.05, 0) is 80.6 Å². The molecule has 2 aliphatic heterocycles. The fourth-order valence-electron chi connectivity index (χ4n) is 4.12. The number of piperidine rings is 1. The molecule has 0 bridgehead atoms. The zero-order valence-corrected chi connectivity index (χ0v) is 18.2. The minimum atomic E-state index is -0.441. The van der Waals surface area contributed by atoms with Crippen LogP contribution in [-0.2, 0) is 11.3 Å². The molecule has 1 aromatic rings. The molecule has 0 aromatic heterocycles. The lowest BCUT2D eigenvalue weighted by Crippen LogP contribution is -2.53. The van der Waals surface area contributed by atoms with Gasteiger partial charge in [-0.1, -0.05) is 23.7 Å². The Morgan fingerprint density at radius 2 is 1.92 bits per heavy atom. The minimum absolute atomic E-state index is 0.185. The molecular weight excluding hydrogens is 416 g/mol. The van der Waals surface area contributed by atoms with Crippen molar-refractivity contribution in [2.24, 2.45) is 0 Å². The number of amides is 1. The third-order valence-corrected chi connectivity index (χ3v) is 6.82. The summed E-state index contributed by atoms with van der Waals surface area (Å²) in [5, 5.41) is 0.806. The summed E-state index contributed by atoms with van der Waals surface area (Å²) in [7, 11) is 0. The summed E-state index contributed by atoms with van der Waals surface area (Å²) in [6.07, 6.45) is 4.21. The second-order valence-corrected chi connectivity index (χ2v) is 9.66. The van der Waals surface area contributed by atoms with Crippen LogP contribution < -0.4 is 0 Å². The van der Waals surface area contributed by atoms with Crippen molar-refractivity contribution in [2.75, 3.05) is 19.6 Å². The van der Waals surface area contributed by atoms with Crippen LogP contribution >= 0.6 is 27.5 Å². The molecule has 6 heteroatoms. The molecule has 0 unspecified atom stereocenters. The fraction of sp³-hybridized carbons (Fsp3) is 0.650. The quantitative estimate of drug-likeness (QED) is 0.608. The van der Waals surface area contributed by atoms with Crippen molar-refractivity contribution in [1.29, 1.82) is 0 Å². The number of rotatable bonds is 2. The molecule has 1 spiro atoms. The number of carbonyl (C=O) groups is 1. The van der Waals surface area contributed by atoms with Gasteiger partial charge in [-0.15, -0.1) is 0 Å². The predicted molar refractivity (Wildman–Crippen MR) is 109 cm³/mol. The average molecular weight is 444 g/mol. The first kappa shape index (κ1) is 20.0. The van der Waals surface area contributed by atoms with Gasteiger partial charge in [-0.25, -0.2) is 4.79 Å². The van der Waals surface area contributed by atoms with E-state index in [1.807, 2.05) is 37.8 Å². The van der Waals surface area contributed by atoms with Crippen LogP contribution in [-0.4, -0.2) is 46.7 Å². The Morgan fingerprint density at radius 3 is 2.58 bits per heavy atom. The second kappa shape index (κ2) is 7.69. The van der Waals surface area contributed by atoms with E-state index in [2.05, 4.69) is 26.9 Å². The van der Waals surface area contributed by atoms with Crippen molar-refractivity contribution < 1.29 is 9.53 Å². The van der Waals surface area contributed by atoms with Crippen molar-refractivity contribution >= 4 is 33.6 Å². The van der Waals surface area contributed by atoms with Gasteiger partial charge in [0.05, 0.1) is 5.02 Å². The van der Waals surface area contributed by atoms with Crippen molar-refractivity contribution in [3.63, 3.8) is 0 Å². The van der Waals surface area contributed by atoms with Gasteiger partial charge in [0.15, 0.2) is 0 Å². The molecule has 3 rings (SSSR count). The van der Waals surface area contributed by atoms with Gasteiger partial charge in [-0.2, -0.15) is 0 Å². The molecule has 2 fully saturated rings. The molecule has 26 heavy (non-hydrogen) atoms. The van der Waals surface area contributed by atoms with Crippen LogP contribution in [0.15, 0.2) is 22.7 Å². The molecule has 2 saturated heterocycles. The normalized spacial score (nSPS) is 20.6. The van der Waals surface area contributed by atoms with Gasteiger partial charge in [0.2, 0.25) is 0 Å². The number of hydrogen-bond acceptors (Lipinski definition) is 3. The molecule has 0 N–H and O–H groups in total. The largest absolute Gasteiger partial charge is 0.444 e. The minimum Gasteiger partial charge on any atom is -0.444 e. The van der Waals surface area contributed by atoms with E-state index < -0.39 is 5.60 Å². The van der Waals surface area contributed by atoms with Gasteiger partial charge >= 0.3 is 6.09 Å². The lowest BCUT2D eigenvalue weighted by molar-refractivity contribution is 0.00165. The summed E-state index contributed by atoms with van der Waals surface area (Å²) in [6, 6.07) is 6.12. The SMILES string of the molecule is CC(C)(C)OC(=O)N1CCC2(CCCN2Cc2cccc(Br)c2Cl)CC1. The topological polar surface area (TPSA) is 32.8 Å². The first-order valence-electron chi connectivity index (χ1n) is 9.36. The predicted octanol–water partition coefficient (Wildman–Crippen LogP) is 5.47. The number of halogens is 2.